The molecule has 33 heavy (non-hydrogen) atoms. The standard InChI is InChI=1S/C25H22ClN5O2/c26-19-13-7-6-12-18(19)21-14-20(15-8-2-1-3-9-15)27-24-28-25(29-31(21)24)30-22(32)16-10-4-5-11-17(16)23(30)33/h1-9,12-13,16-17,20-21H,10-11,14H2,(H,27,28,29)/t16-,17-,20-,21+/m1/s1. The fourth-order valence-corrected chi connectivity index (χ4v) is 5.43. The molecule has 3 heterocycles. The van der Waals surface area contributed by atoms with E-state index in [2.05, 4.69) is 27.5 Å². The van der Waals surface area contributed by atoms with E-state index in [0.717, 1.165) is 11.1 Å². The van der Waals surface area contributed by atoms with Gasteiger partial charge in [0.15, 0.2) is 0 Å². The average molecular weight is 460 g/mol. The van der Waals surface area contributed by atoms with Crippen LogP contribution in [0.3, 0.4) is 0 Å². The van der Waals surface area contributed by atoms with Gasteiger partial charge in [0, 0.05) is 5.02 Å². The summed E-state index contributed by atoms with van der Waals surface area (Å²) in [6, 6.07) is 17.6. The highest BCUT2D eigenvalue weighted by Crippen LogP contribution is 2.42. The summed E-state index contributed by atoms with van der Waals surface area (Å²) in [5, 5.41) is 8.76. The molecule has 1 aromatic heterocycles. The second kappa shape index (κ2) is 7.85. The number of carbonyl (C=O) groups is 2. The molecule has 8 heteroatoms. The van der Waals surface area contributed by atoms with Gasteiger partial charge in [-0.15, -0.1) is 5.10 Å². The number of nitrogens with zero attached hydrogens (tertiary/aromatic N) is 4. The van der Waals surface area contributed by atoms with Crippen LogP contribution in [0.1, 0.15) is 42.5 Å². The maximum Gasteiger partial charge on any atom is 0.260 e. The number of hydrogen-bond acceptors (Lipinski definition) is 5. The van der Waals surface area contributed by atoms with E-state index >= 15 is 0 Å². The first-order valence-electron chi connectivity index (χ1n) is 11.2. The number of amides is 2. The van der Waals surface area contributed by atoms with E-state index in [1.54, 1.807) is 4.68 Å². The number of imide groups is 1. The van der Waals surface area contributed by atoms with Gasteiger partial charge in [0.05, 0.1) is 23.9 Å². The van der Waals surface area contributed by atoms with Crippen molar-refractivity contribution >= 4 is 35.3 Å². The maximum absolute atomic E-state index is 13.1. The van der Waals surface area contributed by atoms with E-state index in [1.807, 2.05) is 54.6 Å². The van der Waals surface area contributed by atoms with Gasteiger partial charge in [0.25, 0.3) is 5.95 Å². The number of aromatic nitrogens is 3. The molecule has 2 amide bonds. The molecule has 4 atom stereocenters. The van der Waals surface area contributed by atoms with Crippen molar-refractivity contribution in [1.82, 2.24) is 14.8 Å². The van der Waals surface area contributed by atoms with Crippen LogP contribution in [0, 0.1) is 11.8 Å². The third-order valence-electron chi connectivity index (χ3n) is 6.85. The molecule has 0 bridgehead atoms. The topological polar surface area (TPSA) is 80.1 Å². The van der Waals surface area contributed by atoms with Gasteiger partial charge < -0.3 is 5.32 Å². The lowest BCUT2D eigenvalue weighted by Crippen LogP contribution is -2.32. The molecule has 6 rings (SSSR count). The average Bonchev–Trinajstić information content (AvgIpc) is 3.38. The van der Waals surface area contributed by atoms with Crippen LogP contribution in [0.25, 0.3) is 0 Å². The lowest BCUT2D eigenvalue weighted by atomic mass is 9.85. The summed E-state index contributed by atoms with van der Waals surface area (Å²) in [6.07, 6.45) is 5.80. The van der Waals surface area contributed by atoms with E-state index in [0.29, 0.717) is 30.2 Å². The Morgan fingerprint density at radius 2 is 1.58 bits per heavy atom. The number of carbonyl (C=O) groups excluding carboxylic acids is 2. The second-order valence-corrected chi connectivity index (χ2v) is 9.14. The Kier molecular flexibility index (Phi) is 4.80. The summed E-state index contributed by atoms with van der Waals surface area (Å²) in [4.78, 5) is 32.0. The zero-order chi connectivity index (χ0) is 22.5. The molecular formula is C25H22ClN5O2. The number of hydrogen-bond donors (Lipinski definition) is 1. The van der Waals surface area contributed by atoms with Crippen molar-refractivity contribution in [3.63, 3.8) is 0 Å². The Balaban J connectivity index is 1.42. The van der Waals surface area contributed by atoms with Gasteiger partial charge in [0.1, 0.15) is 0 Å². The van der Waals surface area contributed by atoms with Crippen molar-refractivity contribution in [3.05, 3.63) is 82.9 Å². The molecular weight excluding hydrogens is 438 g/mol. The molecule has 3 aromatic rings. The highest BCUT2D eigenvalue weighted by atomic mass is 35.5. The van der Waals surface area contributed by atoms with Crippen molar-refractivity contribution in [2.75, 3.05) is 10.2 Å². The van der Waals surface area contributed by atoms with E-state index in [9.17, 15) is 9.59 Å². The molecule has 1 N–H and O–H groups in total. The van der Waals surface area contributed by atoms with Crippen molar-refractivity contribution in [2.24, 2.45) is 11.8 Å². The molecule has 1 saturated heterocycles. The van der Waals surface area contributed by atoms with E-state index in [4.69, 9.17) is 11.6 Å². The Labute approximate surface area is 196 Å². The Bertz CT molecular complexity index is 1240. The molecule has 0 spiro atoms. The Hall–Kier alpha value is -3.45. The van der Waals surface area contributed by atoms with Crippen LogP contribution < -0.4 is 10.2 Å². The van der Waals surface area contributed by atoms with E-state index in [1.165, 1.54) is 4.90 Å². The smallest absolute Gasteiger partial charge is 0.260 e. The van der Waals surface area contributed by atoms with Crippen LogP contribution in [0.2, 0.25) is 5.02 Å². The number of nitrogens with one attached hydrogen (secondary N) is 1. The molecule has 1 aliphatic carbocycles. The molecule has 2 aliphatic heterocycles. The fourth-order valence-electron chi connectivity index (χ4n) is 5.17. The van der Waals surface area contributed by atoms with Crippen LogP contribution in [0.4, 0.5) is 11.9 Å². The van der Waals surface area contributed by atoms with Crippen LogP contribution in [-0.4, -0.2) is 26.6 Å². The second-order valence-electron chi connectivity index (χ2n) is 8.73. The van der Waals surface area contributed by atoms with E-state index < -0.39 is 0 Å². The van der Waals surface area contributed by atoms with Gasteiger partial charge in [-0.25, -0.2) is 9.58 Å². The highest BCUT2D eigenvalue weighted by Gasteiger charge is 2.50. The lowest BCUT2D eigenvalue weighted by Gasteiger charge is -2.32. The molecule has 0 radical (unpaired) electrons. The summed E-state index contributed by atoms with van der Waals surface area (Å²) in [6.45, 7) is 0. The van der Waals surface area contributed by atoms with E-state index in [-0.39, 0.29) is 41.7 Å². The van der Waals surface area contributed by atoms with Crippen LogP contribution >= 0.6 is 11.6 Å². The van der Waals surface area contributed by atoms with Crippen LogP contribution in [0.15, 0.2) is 66.7 Å². The van der Waals surface area contributed by atoms with Crippen molar-refractivity contribution in [1.29, 1.82) is 0 Å². The van der Waals surface area contributed by atoms with Gasteiger partial charge in [0.2, 0.25) is 17.8 Å². The SMILES string of the molecule is O=C1[C@@H]2CC=CC[C@H]2C(=O)N1c1nc2n(n1)[C@H](c1ccccc1Cl)C[C@H](c1ccccc1)N2. The Morgan fingerprint density at radius 1 is 0.909 bits per heavy atom. The van der Waals surface area contributed by atoms with Gasteiger partial charge in [-0.1, -0.05) is 72.3 Å². The quantitative estimate of drug-likeness (QED) is 0.459. The fraction of sp³-hybridized carbons (Fsp3) is 0.280. The Morgan fingerprint density at radius 3 is 2.27 bits per heavy atom. The minimum Gasteiger partial charge on any atom is -0.347 e. The van der Waals surface area contributed by atoms with Gasteiger partial charge in [-0.2, -0.15) is 4.98 Å². The van der Waals surface area contributed by atoms with Crippen LogP contribution in [0.5, 0.6) is 0 Å². The summed E-state index contributed by atoms with van der Waals surface area (Å²) >= 11 is 6.57. The number of benzene rings is 2. The monoisotopic (exact) mass is 459 g/mol. The number of anilines is 2. The van der Waals surface area contributed by atoms with Crippen LogP contribution in [-0.2, 0) is 9.59 Å². The van der Waals surface area contributed by atoms with Crippen molar-refractivity contribution in [2.45, 2.75) is 31.3 Å². The van der Waals surface area contributed by atoms with Gasteiger partial charge in [-0.3, -0.25) is 9.59 Å². The van der Waals surface area contributed by atoms with Crippen molar-refractivity contribution in [3.8, 4) is 0 Å². The first-order chi connectivity index (χ1) is 16.1. The molecule has 0 unspecified atom stereocenters. The van der Waals surface area contributed by atoms with Gasteiger partial charge in [-0.05, 0) is 36.5 Å². The summed E-state index contributed by atoms with van der Waals surface area (Å²) < 4.78 is 1.76. The molecule has 1 fully saturated rings. The first-order valence-corrected chi connectivity index (χ1v) is 11.5. The molecule has 3 aliphatic rings. The summed E-state index contributed by atoms with van der Waals surface area (Å²) in [7, 11) is 0. The number of rotatable bonds is 3. The predicted molar refractivity (Wildman–Crippen MR) is 125 cm³/mol. The normalized spacial score (nSPS) is 26.2. The maximum atomic E-state index is 13.1. The third-order valence-corrected chi connectivity index (χ3v) is 7.20. The minimum absolute atomic E-state index is 0.0196. The molecule has 2 aromatic carbocycles. The van der Waals surface area contributed by atoms with Gasteiger partial charge >= 0.3 is 0 Å². The minimum atomic E-state index is -0.326. The third kappa shape index (κ3) is 3.26. The lowest BCUT2D eigenvalue weighted by molar-refractivity contribution is -0.122. The predicted octanol–water partition coefficient (Wildman–Crippen LogP) is 4.53. The summed E-state index contributed by atoms with van der Waals surface area (Å²) in [5.41, 5.74) is 2.05. The molecule has 0 saturated carbocycles. The summed E-state index contributed by atoms with van der Waals surface area (Å²) in [5.74, 6) is -0.437. The number of allylic oxidation sites excluding steroid dienone is 2. The first kappa shape index (κ1) is 20.2. The number of fused-ring (bicyclic) bond motifs is 2. The molecule has 166 valence electrons. The highest BCUT2D eigenvalue weighted by molar-refractivity contribution is 6.31. The zero-order valence-corrected chi connectivity index (χ0v) is 18.5. The largest absolute Gasteiger partial charge is 0.347 e. The van der Waals surface area contributed by atoms with Crippen molar-refractivity contribution < 1.29 is 9.59 Å². The molecule has 7 nitrogen and oxygen atoms in total. The zero-order valence-electron chi connectivity index (χ0n) is 17.8. The number of halogens is 1.